The van der Waals surface area contributed by atoms with Gasteiger partial charge in [-0.1, -0.05) is 62.0 Å². The van der Waals surface area contributed by atoms with E-state index in [-0.39, 0.29) is 23.0 Å². The lowest BCUT2D eigenvalue weighted by Crippen LogP contribution is -2.27. The Morgan fingerprint density at radius 3 is 2.59 bits per heavy atom. The van der Waals surface area contributed by atoms with Gasteiger partial charge in [0.15, 0.2) is 5.82 Å². The monoisotopic (exact) mass is 413 g/mol. The maximum Gasteiger partial charge on any atom is 0.230 e. The zero-order valence-electron chi connectivity index (χ0n) is 16.4. The van der Waals surface area contributed by atoms with Gasteiger partial charge in [-0.3, -0.25) is 4.79 Å². The van der Waals surface area contributed by atoms with Crippen molar-refractivity contribution >= 4 is 17.7 Å². The third kappa shape index (κ3) is 5.35. The van der Waals surface area contributed by atoms with E-state index in [0.717, 1.165) is 18.2 Å². The third-order valence-corrected chi connectivity index (χ3v) is 5.44. The molecule has 3 aromatic rings. The van der Waals surface area contributed by atoms with Crippen molar-refractivity contribution in [1.29, 1.82) is 0 Å². The minimum atomic E-state index is -0.428. The van der Waals surface area contributed by atoms with Crippen molar-refractivity contribution in [3.63, 3.8) is 0 Å². The van der Waals surface area contributed by atoms with Gasteiger partial charge in [-0.05, 0) is 35.6 Å². The fourth-order valence-electron chi connectivity index (χ4n) is 2.80. The predicted molar refractivity (Wildman–Crippen MR) is 114 cm³/mol. The Kier molecular flexibility index (Phi) is 6.87. The summed E-state index contributed by atoms with van der Waals surface area (Å²) in [5.41, 5.74) is 2.75. The number of nitrogens with two attached hydrogens (primary N) is 1. The third-order valence-electron chi connectivity index (χ3n) is 4.49. The van der Waals surface area contributed by atoms with Crippen molar-refractivity contribution < 1.29 is 9.18 Å². The molecule has 0 saturated carbocycles. The molecular weight excluding hydrogens is 389 g/mol. The van der Waals surface area contributed by atoms with Gasteiger partial charge in [0, 0.05) is 6.54 Å². The molecule has 1 heterocycles. The van der Waals surface area contributed by atoms with E-state index in [1.807, 2.05) is 0 Å². The summed E-state index contributed by atoms with van der Waals surface area (Å²) in [4.78, 5) is 12.1. The number of hydrogen-bond acceptors (Lipinski definition) is 5. The summed E-state index contributed by atoms with van der Waals surface area (Å²) in [6.07, 6.45) is 0.763. The molecule has 3 N–H and O–H groups in total. The molecule has 2 aromatic carbocycles. The van der Waals surface area contributed by atoms with Gasteiger partial charge in [0.1, 0.15) is 5.82 Å². The molecule has 0 bridgehead atoms. The van der Waals surface area contributed by atoms with E-state index in [4.69, 9.17) is 5.84 Å². The molecule has 0 atom stereocenters. The maximum absolute atomic E-state index is 13.9. The Labute approximate surface area is 173 Å². The van der Waals surface area contributed by atoms with Gasteiger partial charge in [-0.2, -0.15) is 0 Å². The van der Waals surface area contributed by atoms with E-state index < -0.39 is 5.82 Å². The number of nitrogens with zero attached hydrogens (tertiary/aromatic N) is 3. The van der Waals surface area contributed by atoms with Crippen molar-refractivity contribution in [2.75, 3.05) is 18.1 Å². The largest absolute Gasteiger partial charge is 0.355 e. The van der Waals surface area contributed by atoms with E-state index >= 15 is 0 Å². The second kappa shape index (κ2) is 9.56. The smallest absolute Gasteiger partial charge is 0.230 e. The summed E-state index contributed by atoms with van der Waals surface area (Å²) >= 11 is 1.16. The molecule has 0 spiro atoms. The van der Waals surface area contributed by atoms with E-state index in [1.165, 1.54) is 21.9 Å². The summed E-state index contributed by atoms with van der Waals surface area (Å²) in [5.74, 6) is 6.30. The minimum Gasteiger partial charge on any atom is -0.355 e. The highest BCUT2D eigenvalue weighted by atomic mass is 32.2. The van der Waals surface area contributed by atoms with Crippen LogP contribution in [0, 0.1) is 5.82 Å². The van der Waals surface area contributed by atoms with Crippen LogP contribution < -0.4 is 11.2 Å². The number of nitrogens with one attached hydrogen (secondary N) is 1. The molecule has 0 unspecified atom stereocenters. The highest BCUT2D eigenvalue weighted by Gasteiger charge is 2.16. The van der Waals surface area contributed by atoms with Crippen molar-refractivity contribution in [2.45, 2.75) is 31.3 Å². The summed E-state index contributed by atoms with van der Waals surface area (Å²) in [7, 11) is 0. The van der Waals surface area contributed by atoms with Crippen molar-refractivity contribution in [3.8, 4) is 11.4 Å². The first-order valence-electron chi connectivity index (χ1n) is 9.39. The second-order valence-corrected chi connectivity index (χ2v) is 7.88. The first-order valence-corrected chi connectivity index (χ1v) is 10.4. The quantitative estimate of drug-likeness (QED) is 0.437. The Morgan fingerprint density at radius 2 is 1.90 bits per heavy atom. The molecular formula is C21H24FN5OS. The zero-order valence-corrected chi connectivity index (χ0v) is 17.2. The van der Waals surface area contributed by atoms with E-state index in [9.17, 15) is 9.18 Å². The molecule has 0 fully saturated rings. The van der Waals surface area contributed by atoms with Crippen LogP contribution in [-0.2, 0) is 11.2 Å². The molecule has 29 heavy (non-hydrogen) atoms. The van der Waals surface area contributed by atoms with Gasteiger partial charge in [-0.25, -0.2) is 9.07 Å². The fraction of sp³-hybridized carbons (Fsp3) is 0.286. The Bertz CT molecular complexity index is 971. The normalized spacial score (nSPS) is 11.0. The standard InChI is InChI=1S/C21H24FN5OS/c1-14(2)16-9-7-15(8-10-16)11-12-24-19(28)13-29-21-26-25-20(27(21)23)17-5-3-4-6-18(17)22/h3-10,14H,11-13,23H2,1-2H3,(H,24,28). The molecule has 6 nitrogen and oxygen atoms in total. The molecule has 1 aromatic heterocycles. The molecule has 0 saturated heterocycles. The lowest BCUT2D eigenvalue weighted by molar-refractivity contribution is -0.118. The van der Waals surface area contributed by atoms with Crippen LogP contribution in [0.2, 0.25) is 0 Å². The number of carbonyl (C=O) groups excluding carboxylic acids is 1. The number of nitrogen functional groups attached to an aromatic ring is 1. The predicted octanol–water partition coefficient (Wildman–Crippen LogP) is 3.37. The minimum absolute atomic E-state index is 0.121. The molecule has 0 aliphatic rings. The number of aromatic nitrogens is 3. The molecule has 3 rings (SSSR count). The lowest BCUT2D eigenvalue weighted by Gasteiger charge is -2.08. The number of benzene rings is 2. The van der Waals surface area contributed by atoms with Crippen LogP contribution in [0.1, 0.15) is 30.9 Å². The Hall–Kier alpha value is -2.87. The van der Waals surface area contributed by atoms with Gasteiger partial charge in [-0.15, -0.1) is 10.2 Å². The molecule has 0 radical (unpaired) electrons. The van der Waals surface area contributed by atoms with Gasteiger partial charge >= 0.3 is 0 Å². The van der Waals surface area contributed by atoms with Crippen LogP contribution >= 0.6 is 11.8 Å². The second-order valence-electron chi connectivity index (χ2n) is 6.94. The SMILES string of the molecule is CC(C)c1ccc(CCNC(=O)CSc2nnc(-c3ccccc3F)n2N)cc1. The van der Waals surface area contributed by atoms with Gasteiger partial charge in [0.25, 0.3) is 0 Å². The number of hydrogen-bond donors (Lipinski definition) is 2. The maximum atomic E-state index is 13.9. The molecule has 152 valence electrons. The average molecular weight is 414 g/mol. The topological polar surface area (TPSA) is 85.8 Å². The van der Waals surface area contributed by atoms with Crippen LogP contribution in [0.4, 0.5) is 4.39 Å². The highest BCUT2D eigenvalue weighted by Crippen LogP contribution is 2.23. The van der Waals surface area contributed by atoms with E-state index in [1.54, 1.807) is 18.2 Å². The van der Waals surface area contributed by atoms with Crippen LogP contribution in [0.15, 0.2) is 53.7 Å². The molecule has 8 heteroatoms. The summed E-state index contributed by atoms with van der Waals surface area (Å²) in [6, 6.07) is 14.6. The number of carbonyl (C=O) groups is 1. The lowest BCUT2D eigenvalue weighted by atomic mass is 10.0. The van der Waals surface area contributed by atoms with Crippen molar-refractivity contribution in [1.82, 2.24) is 20.2 Å². The van der Waals surface area contributed by atoms with Crippen LogP contribution in [-0.4, -0.2) is 33.1 Å². The summed E-state index contributed by atoms with van der Waals surface area (Å²) < 4.78 is 15.1. The zero-order chi connectivity index (χ0) is 20.8. The van der Waals surface area contributed by atoms with Crippen LogP contribution in [0.5, 0.6) is 0 Å². The molecule has 0 aliphatic heterocycles. The number of rotatable bonds is 8. The number of halogens is 1. The number of amides is 1. The van der Waals surface area contributed by atoms with E-state index in [2.05, 4.69) is 53.6 Å². The van der Waals surface area contributed by atoms with Gasteiger partial charge in [0.05, 0.1) is 11.3 Å². The van der Waals surface area contributed by atoms with Crippen LogP contribution in [0.25, 0.3) is 11.4 Å². The van der Waals surface area contributed by atoms with Gasteiger partial charge < -0.3 is 11.2 Å². The van der Waals surface area contributed by atoms with Crippen LogP contribution in [0.3, 0.4) is 0 Å². The Balaban J connectivity index is 1.48. The van der Waals surface area contributed by atoms with Gasteiger partial charge in [0.2, 0.25) is 11.1 Å². The summed E-state index contributed by atoms with van der Waals surface area (Å²) in [5, 5.41) is 11.1. The average Bonchev–Trinajstić information content (AvgIpc) is 3.07. The molecule has 0 aliphatic carbocycles. The first-order chi connectivity index (χ1) is 14.0. The first kappa shape index (κ1) is 20.9. The fourth-order valence-corrected chi connectivity index (χ4v) is 3.48. The molecule has 1 amide bonds. The van der Waals surface area contributed by atoms with E-state index in [0.29, 0.717) is 17.6 Å². The van der Waals surface area contributed by atoms with Crippen molar-refractivity contribution in [2.24, 2.45) is 0 Å². The Morgan fingerprint density at radius 1 is 1.17 bits per heavy atom. The highest BCUT2D eigenvalue weighted by molar-refractivity contribution is 7.99. The van der Waals surface area contributed by atoms with Crippen molar-refractivity contribution in [3.05, 3.63) is 65.5 Å². The number of thioether (sulfide) groups is 1. The summed E-state index contributed by atoms with van der Waals surface area (Å²) in [6.45, 7) is 4.87.